The Labute approximate surface area is 165 Å². The molecule has 28 heavy (non-hydrogen) atoms. The minimum absolute atomic E-state index is 0.185. The predicted molar refractivity (Wildman–Crippen MR) is 110 cm³/mol. The first-order chi connectivity index (χ1) is 13.7. The summed E-state index contributed by atoms with van der Waals surface area (Å²) in [6, 6.07) is 11.2. The lowest BCUT2D eigenvalue weighted by Gasteiger charge is -2.35. The maximum atomic E-state index is 13.6. The average molecular weight is 382 g/mol. The van der Waals surface area contributed by atoms with Crippen LogP contribution >= 0.6 is 0 Å². The number of likely N-dealkylation sites (N-methyl/N-ethyl adjacent to an activating group) is 1. The molecule has 2 heterocycles. The van der Waals surface area contributed by atoms with Crippen LogP contribution in [0.25, 0.3) is 10.9 Å². The Bertz CT molecular complexity index is 939. The van der Waals surface area contributed by atoms with Crippen molar-refractivity contribution in [3.8, 4) is 11.5 Å². The van der Waals surface area contributed by atoms with E-state index in [0.29, 0.717) is 12.6 Å². The van der Waals surface area contributed by atoms with Crippen molar-refractivity contribution < 1.29 is 13.9 Å². The van der Waals surface area contributed by atoms with Crippen molar-refractivity contribution in [3.05, 3.63) is 59.5 Å². The van der Waals surface area contributed by atoms with Crippen LogP contribution in [0.1, 0.15) is 24.5 Å². The number of aromatic amines is 1. The third-order valence-electron chi connectivity index (χ3n) is 5.72. The highest BCUT2D eigenvalue weighted by molar-refractivity contribution is 5.83. The number of benzene rings is 2. The fourth-order valence-electron chi connectivity index (χ4n) is 4.22. The fourth-order valence-corrected chi connectivity index (χ4v) is 4.22. The number of fused-ring (bicyclic) bond motifs is 2. The van der Waals surface area contributed by atoms with Crippen molar-refractivity contribution in [3.63, 3.8) is 0 Å². The molecule has 0 spiro atoms. The normalized spacial score (nSPS) is 16.2. The molecule has 1 aliphatic heterocycles. The van der Waals surface area contributed by atoms with Crippen molar-refractivity contribution in [1.82, 2.24) is 9.88 Å². The largest absolute Gasteiger partial charge is 0.496 e. The standard InChI is InChI=1S/C23H27FN2O2/c1-3-26(18-13-20-22(27-2)7-4-8-23(20)28-15-18)11-5-6-16-14-25-21-10-9-17(24)12-19(16)21/h4,7-10,12,14,18,25H,3,5-6,11,13,15H2,1-2H3. The quantitative estimate of drug-likeness (QED) is 0.650. The maximum Gasteiger partial charge on any atom is 0.126 e. The molecule has 0 saturated carbocycles. The molecule has 1 N–H and O–H groups in total. The van der Waals surface area contributed by atoms with Crippen LogP contribution in [0.5, 0.6) is 11.5 Å². The minimum Gasteiger partial charge on any atom is -0.496 e. The molecule has 1 unspecified atom stereocenters. The van der Waals surface area contributed by atoms with E-state index in [1.807, 2.05) is 24.4 Å². The fraction of sp³-hybridized carbons (Fsp3) is 0.391. The van der Waals surface area contributed by atoms with Crippen LogP contribution in [-0.4, -0.2) is 42.7 Å². The smallest absolute Gasteiger partial charge is 0.126 e. The Hall–Kier alpha value is -2.53. The Morgan fingerprint density at radius 1 is 1.29 bits per heavy atom. The molecule has 0 bridgehead atoms. The second kappa shape index (κ2) is 8.23. The van der Waals surface area contributed by atoms with Gasteiger partial charge in [-0.2, -0.15) is 0 Å². The first-order valence-corrected chi connectivity index (χ1v) is 9.97. The van der Waals surface area contributed by atoms with E-state index in [0.717, 1.165) is 60.3 Å². The lowest BCUT2D eigenvalue weighted by atomic mass is 9.99. The molecule has 5 heteroatoms. The average Bonchev–Trinajstić information content (AvgIpc) is 3.12. The molecule has 1 aromatic heterocycles. The van der Waals surface area contributed by atoms with Gasteiger partial charge in [0.15, 0.2) is 0 Å². The number of H-pyrrole nitrogens is 1. The van der Waals surface area contributed by atoms with E-state index in [4.69, 9.17) is 9.47 Å². The summed E-state index contributed by atoms with van der Waals surface area (Å²) in [6.07, 6.45) is 4.89. The predicted octanol–water partition coefficient (Wildman–Crippen LogP) is 4.57. The van der Waals surface area contributed by atoms with Gasteiger partial charge in [0, 0.05) is 28.7 Å². The number of ether oxygens (including phenoxy) is 2. The molecule has 0 fully saturated rings. The molecule has 1 atom stereocenters. The van der Waals surface area contributed by atoms with Crippen LogP contribution in [0.2, 0.25) is 0 Å². The lowest BCUT2D eigenvalue weighted by Crippen LogP contribution is -2.43. The number of hydrogen-bond donors (Lipinski definition) is 1. The van der Waals surface area contributed by atoms with Gasteiger partial charge in [0.25, 0.3) is 0 Å². The van der Waals surface area contributed by atoms with E-state index >= 15 is 0 Å². The zero-order valence-electron chi connectivity index (χ0n) is 16.5. The first-order valence-electron chi connectivity index (χ1n) is 9.97. The third-order valence-corrected chi connectivity index (χ3v) is 5.72. The number of hydrogen-bond acceptors (Lipinski definition) is 3. The van der Waals surface area contributed by atoms with Gasteiger partial charge >= 0.3 is 0 Å². The zero-order valence-corrected chi connectivity index (χ0v) is 16.5. The third kappa shape index (κ3) is 3.72. The highest BCUT2D eigenvalue weighted by Crippen LogP contribution is 2.34. The summed E-state index contributed by atoms with van der Waals surface area (Å²) in [5.41, 5.74) is 3.33. The number of halogens is 1. The van der Waals surface area contributed by atoms with Gasteiger partial charge in [0.05, 0.1) is 7.11 Å². The molecule has 2 aromatic carbocycles. The zero-order chi connectivity index (χ0) is 19.5. The van der Waals surface area contributed by atoms with Gasteiger partial charge in [-0.1, -0.05) is 13.0 Å². The summed E-state index contributed by atoms with van der Waals surface area (Å²) in [6.45, 7) is 4.85. The number of nitrogens with zero attached hydrogens (tertiary/aromatic N) is 1. The number of nitrogens with one attached hydrogen (secondary N) is 1. The summed E-state index contributed by atoms with van der Waals surface area (Å²) in [4.78, 5) is 5.72. The van der Waals surface area contributed by atoms with E-state index < -0.39 is 0 Å². The van der Waals surface area contributed by atoms with Crippen molar-refractivity contribution in [2.24, 2.45) is 0 Å². The van der Waals surface area contributed by atoms with Crippen LogP contribution in [0.15, 0.2) is 42.6 Å². The number of methoxy groups -OCH3 is 1. The van der Waals surface area contributed by atoms with Crippen LogP contribution in [0, 0.1) is 5.82 Å². The van der Waals surface area contributed by atoms with Crippen molar-refractivity contribution in [2.45, 2.75) is 32.2 Å². The Balaban J connectivity index is 1.40. The Morgan fingerprint density at radius 2 is 2.18 bits per heavy atom. The Kier molecular flexibility index (Phi) is 5.53. The lowest BCUT2D eigenvalue weighted by molar-refractivity contribution is 0.122. The summed E-state index contributed by atoms with van der Waals surface area (Å²) >= 11 is 0. The van der Waals surface area contributed by atoms with Crippen molar-refractivity contribution in [1.29, 1.82) is 0 Å². The van der Waals surface area contributed by atoms with Gasteiger partial charge in [-0.25, -0.2) is 4.39 Å². The van der Waals surface area contributed by atoms with E-state index in [-0.39, 0.29) is 5.82 Å². The second-order valence-electron chi connectivity index (χ2n) is 7.34. The molecule has 0 radical (unpaired) electrons. The van der Waals surface area contributed by atoms with Gasteiger partial charge in [-0.15, -0.1) is 0 Å². The molecule has 0 saturated heterocycles. The summed E-state index contributed by atoms with van der Waals surface area (Å²) in [7, 11) is 1.71. The van der Waals surface area contributed by atoms with Gasteiger partial charge in [-0.05, 0) is 68.2 Å². The molecular formula is C23H27FN2O2. The van der Waals surface area contributed by atoms with Crippen molar-refractivity contribution in [2.75, 3.05) is 26.8 Å². The molecular weight excluding hydrogens is 355 g/mol. The van der Waals surface area contributed by atoms with Gasteiger partial charge in [0.1, 0.15) is 23.9 Å². The summed E-state index contributed by atoms with van der Waals surface area (Å²) < 4.78 is 25.1. The van der Waals surface area contributed by atoms with E-state index in [1.165, 1.54) is 11.6 Å². The minimum atomic E-state index is -0.185. The SMILES string of the molecule is CCN(CCCc1c[nH]c2ccc(F)cc12)C1COc2cccc(OC)c2C1. The van der Waals surface area contributed by atoms with E-state index in [9.17, 15) is 4.39 Å². The molecule has 0 aliphatic carbocycles. The number of rotatable bonds is 7. The van der Waals surface area contributed by atoms with E-state index in [2.05, 4.69) is 16.8 Å². The summed E-state index contributed by atoms with van der Waals surface area (Å²) in [5.74, 6) is 1.65. The molecule has 0 amide bonds. The highest BCUT2D eigenvalue weighted by atomic mass is 19.1. The van der Waals surface area contributed by atoms with Crippen molar-refractivity contribution >= 4 is 10.9 Å². The number of aryl methyl sites for hydroxylation is 1. The Morgan fingerprint density at radius 3 is 3.00 bits per heavy atom. The van der Waals surface area contributed by atoms with Gasteiger partial charge < -0.3 is 14.5 Å². The van der Waals surface area contributed by atoms with Gasteiger partial charge in [0.2, 0.25) is 0 Å². The molecule has 1 aliphatic rings. The van der Waals surface area contributed by atoms with Crippen LogP contribution in [0.4, 0.5) is 4.39 Å². The molecule has 3 aromatic rings. The van der Waals surface area contributed by atoms with E-state index in [1.54, 1.807) is 19.2 Å². The first kappa shape index (κ1) is 18.8. The van der Waals surface area contributed by atoms with Gasteiger partial charge in [-0.3, -0.25) is 4.90 Å². The monoisotopic (exact) mass is 382 g/mol. The topological polar surface area (TPSA) is 37.5 Å². The maximum absolute atomic E-state index is 13.6. The molecule has 148 valence electrons. The second-order valence-corrected chi connectivity index (χ2v) is 7.34. The highest BCUT2D eigenvalue weighted by Gasteiger charge is 2.26. The molecule has 4 rings (SSSR count). The molecule has 4 nitrogen and oxygen atoms in total. The van der Waals surface area contributed by atoms with Crippen LogP contribution in [0.3, 0.4) is 0 Å². The summed E-state index contributed by atoms with van der Waals surface area (Å²) in [5, 5.41) is 0.989. The van der Waals surface area contributed by atoms with Crippen LogP contribution in [-0.2, 0) is 12.8 Å². The van der Waals surface area contributed by atoms with Crippen LogP contribution < -0.4 is 9.47 Å². The number of aromatic nitrogens is 1.